The molecule has 2 rings (SSSR count). The van der Waals surface area contributed by atoms with Crippen molar-refractivity contribution < 1.29 is 13.2 Å². The minimum Gasteiger partial charge on any atom is -0.318 e. The van der Waals surface area contributed by atoms with Crippen LogP contribution in [0.1, 0.15) is 21.7 Å². The van der Waals surface area contributed by atoms with Gasteiger partial charge in [-0.15, -0.1) is 0 Å². The van der Waals surface area contributed by atoms with Crippen LogP contribution >= 0.6 is 0 Å². The zero-order valence-corrected chi connectivity index (χ0v) is 12.6. The molecule has 2 aromatic rings. The molecule has 106 valence electrons. The van der Waals surface area contributed by atoms with Gasteiger partial charge in [-0.3, -0.25) is 4.79 Å². The van der Waals surface area contributed by atoms with Gasteiger partial charge in [0.25, 0.3) is 0 Å². The number of sulfone groups is 1. The van der Waals surface area contributed by atoms with Crippen LogP contribution in [0.4, 0.5) is 0 Å². The van der Waals surface area contributed by atoms with Gasteiger partial charge in [-0.1, -0.05) is 18.2 Å². The molecular formula is C15H17NO3S. The van der Waals surface area contributed by atoms with Crippen molar-refractivity contribution in [2.75, 3.05) is 12.0 Å². The van der Waals surface area contributed by atoms with Crippen molar-refractivity contribution in [2.45, 2.75) is 13.8 Å². The number of rotatable bonds is 4. The fraction of sp³-hybridized carbons (Fsp3) is 0.267. The highest BCUT2D eigenvalue weighted by Crippen LogP contribution is 2.21. The summed E-state index contributed by atoms with van der Waals surface area (Å²) in [6.45, 7) is 3.73. The molecule has 0 amide bonds. The molecule has 0 aliphatic heterocycles. The van der Waals surface area contributed by atoms with Crippen molar-refractivity contribution in [3.8, 4) is 5.69 Å². The van der Waals surface area contributed by atoms with Crippen LogP contribution in [0.2, 0.25) is 0 Å². The van der Waals surface area contributed by atoms with Gasteiger partial charge in [0.2, 0.25) is 0 Å². The number of benzene rings is 1. The molecule has 20 heavy (non-hydrogen) atoms. The zero-order chi connectivity index (χ0) is 14.9. The van der Waals surface area contributed by atoms with Crippen LogP contribution in [0, 0.1) is 13.8 Å². The molecule has 0 saturated carbocycles. The van der Waals surface area contributed by atoms with Gasteiger partial charge in [-0.05, 0) is 32.0 Å². The highest BCUT2D eigenvalue weighted by atomic mass is 32.2. The summed E-state index contributed by atoms with van der Waals surface area (Å²) in [4.78, 5) is 12.1. The number of ketones is 1. The smallest absolute Gasteiger partial charge is 0.179 e. The van der Waals surface area contributed by atoms with Gasteiger partial charge in [-0.25, -0.2) is 8.42 Å². The normalized spacial score (nSPS) is 11.6. The Kier molecular flexibility index (Phi) is 3.81. The highest BCUT2D eigenvalue weighted by Gasteiger charge is 2.19. The summed E-state index contributed by atoms with van der Waals surface area (Å²) in [6.07, 6.45) is 1.07. The molecule has 0 aliphatic carbocycles. The van der Waals surface area contributed by atoms with E-state index in [1.807, 2.05) is 48.7 Å². The van der Waals surface area contributed by atoms with E-state index in [0.29, 0.717) is 5.56 Å². The molecule has 0 unspecified atom stereocenters. The summed E-state index contributed by atoms with van der Waals surface area (Å²) < 4.78 is 24.5. The largest absolute Gasteiger partial charge is 0.318 e. The molecule has 1 aromatic carbocycles. The van der Waals surface area contributed by atoms with E-state index in [2.05, 4.69) is 0 Å². The summed E-state index contributed by atoms with van der Waals surface area (Å²) >= 11 is 0. The third-order valence-corrected chi connectivity index (χ3v) is 3.93. The summed E-state index contributed by atoms with van der Waals surface area (Å²) in [5, 5.41) is 0. The van der Waals surface area contributed by atoms with E-state index in [4.69, 9.17) is 0 Å². The number of Topliss-reactive ketones (excluding diaryl/α,β-unsaturated/α-hetero) is 1. The van der Waals surface area contributed by atoms with E-state index in [-0.39, 0.29) is 5.78 Å². The Morgan fingerprint density at radius 3 is 2.30 bits per heavy atom. The van der Waals surface area contributed by atoms with Crippen molar-refractivity contribution in [3.05, 3.63) is 53.3 Å². The van der Waals surface area contributed by atoms with Crippen molar-refractivity contribution in [1.29, 1.82) is 0 Å². The average molecular weight is 291 g/mol. The lowest BCUT2D eigenvalue weighted by atomic mass is 10.2. The lowest BCUT2D eigenvalue weighted by Gasteiger charge is -2.09. The molecule has 0 saturated heterocycles. The standard InChI is InChI=1S/C15H17NO3S/c1-11-9-14(15(17)10-20(3,18)19)12(2)16(11)13-7-5-4-6-8-13/h4-9H,10H2,1-3H3. The predicted octanol–water partition coefficient (Wildman–Crippen LogP) is 2.32. The second-order valence-electron chi connectivity index (χ2n) is 4.95. The number of aryl methyl sites for hydroxylation is 1. The van der Waals surface area contributed by atoms with Crippen LogP contribution in [0.3, 0.4) is 0 Å². The van der Waals surface area contributed by atoms with E-state index in [9.17, 15) is 13.2 Å². The third kappa shape index (κ3) is 2.99. The summed E-state index contributed by atoms with van der Waals surface area (Å²) in [5.74, 6) is -0.811. The van der Waals surface area contributed by atoms with Crippen LogP contribution in [-0.2, 0) is 9.84 Å². The Labute approximate surface area is 119 Å². The highest BCUT2D eigenvalue weighted by molar-refractivity contribution is 7.91. The Morgan fingerprint density at radius 2 is 1.75 bits per heavy atom. The first-order valence-corrected chi connectivity index (χ1v) is 8.31. The van der Waals surface area contributed by atoms with E-state index >= 15 is 0 Å². The van der Waals surface area contributed by atoms with Gasteiger partial charge >= 0.3 is 0 Å². The lowest BCUT2D eigenvalue weighted by molar-refractivity contribution is 0.102. The molecule has 0 N–H and O–H groups in total. The Hall–Kier alpha value is -1.88. The Morgan fingerprint density at radius 1 is 1.15 bits per heavy atom. The Balaban J connectivity index is 2.47. The van der Waals surface area contributed by atoms with E-state index in [1.54, 1.807) is 6.07 Å². The first-order valence-electron chi connectivity index (χ1n) is 6.25. The summed E-state index contributed by atoms with van der Waals surface area (Å²) in [6, 6.07) is 11.4. The average Bonchev–Trinajstić information content (AvgIpc) is 2.64. The molecule has 1 aromatic heterocycles. The molecule has 0 spiro atoms. The first-order chi connectivity index (χ1) is 9.29. The number of aromatic nitrogens is 1. The maximum atomic E-state index is 12.1. The lowest BCUT2D eigenvalue weighted by Crippen LogP contribution is -2.15. The topological polar surface area (TPSA) is 56.1 Å². The number of carbonyl (C=O) groups is 1. The quantitative estimate of drug-likeness (QED) is 0.812. The minimum absolute atomic E-state index is 0.359. The van der Waals surface area contributed by atoms with E-state index in [1.165, 1.54) is 0 Å². The Bertz CT molecular complexity index is 743. The van der Waals surface area contributed by atoms with E-state index < -0.39 is 15.6 Å². The molecule has 0 aliphatic rings. The molecular weight excluding hydrogens is 274 g/mol. The first kappa shape index (κ1) is 14.5. The monoisotopic (exact) mass is 291 g/mol. The molecule has 1 heterocycles. The minimum atomic E-state index is -3.32. The van der Waals surface area contributed by atoms with Gasteiger partial charge in [-0.2, -0.15) is 0 Å². The van der Waals surface area contributed by atoms with Crippen LogP contribution in [-0.4, -0.2) is 30.8 Å². The molecule has 0 radical (unpaired) electrons. The van der Waals surface area contributed by atoms with Gasteiger partial charge in [0, 0.05) is 28.9 Å². The van der Waals surface area contributed by atoms with Crippen molar-refractivity contribution in [1.82, 2.24) is 4.57 Å². The number of nitrogens with zero attached hydrogens (tertiary/aromatic N) is 1. The van der Waals surface area contributed by atoms with Crippen LogP contribution in [0.15, 0.2) is 36.4 Å². The molecule has 5 heteroatoms. The zero-order valence-electron chi connectivity index (χ0n) is 11.8. The van der Waals surface area contributed by atoms with E-state index in [0.717, 1.165) is 23.3 Å². The molecule has 0 bridgehead atoms. The molecule has 4 nitrogen and oxygen atoms in total. The molecule has 0 atom stereocenters. The summed E-state index contributed by atoms with van der Waals surface area (Å²) in [7, 11) is -3.32. The number of hydrogen-bond donors (Lipinski definition) is 0. The predicted molar refractivity (Wildman–Crippen MR) is 79.3 cm³/mol. The summed E-state index contributed by atoms with van der Waals surface area (Å²) in [5.41, 5.74) is 3.10. The van der Waals surface area contributed by atoms with Crippen molar-refractivity contribution in [2.24, 2.45) is 0 Å². The third-order valence-electron chi connectivity index (χ3n) is 3.14. The van der Waals surface area contributed by atoms with Gasteiger partial charge < -0.3 is 4.57 Å². The van der Waals surface area contributed by atoms with Gasteiger partial charge in [0.05, 0.1) is 0 Å². The van der Waals surface area contributed by atoms with Crippen LogP contribution in [0.25, 0.3) is 5.69 Å². The SMILES string of the molecule is Cc1cc(C(=O)CS(C)(=O)=O)c(C)n1-c1ccccc1. The second-order valence-corrected chi connectivity index (χ2v) is 7.09. The maximum Gasteiger partial charge on any atom is 0.179 e. The fourth-order valence-corrected chi connectivity index (χ4v) is 2.97. The van der Waals surface area contributed by atoms with Gasteiger partial charge in [0.15, 0.2) is 15.6 Å². The maximum absolute atomic E-state index is 12.1. The van der Waals surface area contributed by atoms with Crippen LogP contribution in [0.5, 0.6) is 0 Å². The number of hydrogen-bond acceptors (Lipinski definition) is 3. The van der Waals surface area contributed by atoms with Gasteiger partial charge in [0.1, 0.15) is 5.75 Å². The van der Waals surface area contributed by atoms with Crippen molar-refractivity contribution in [3.63, 3.8) is 0 Å². The number of para-hydroxylation sites is 1. The fourth-order valence-electron chi connectivity index (χ4n) is 2.34. The number of carbonyl (C=O) groups excluding carboxylic acids is 1. The molecule has 0 fully saturated rings. The second kappa shape index (κ2) is 5.25. The van der Waals surface area contributed by atoms with Crippen molar-refractivity contribution >= 4 is 15.6 Å². The van der Waals surface area contributed by atoms with Crippen LogP contribution < -0.4 is 0 Å².